The number of nitrogens with two attached hydrogens (primary N) is 1. The van der Waals surface area contributed by atoms with E-state index in [4.69, 9.17) is 22.1 Å². The average molecular weight is 291 g/mol. The summed E-state index contributed by atoms with van der Waals surface area (Å²) in [6.45, 7) is 4.62. The minimum atomic E-state index is 0.119. The summed E-state index contributed by atoms with van der Waals surface area (Å²) in [6.07, 6.45) is 0.119. The van der Waals surface area contributed by atoms with Crippen LogP contribution >= 0.6 is 11.6 Å². The van der Waals surface area contributed by atoms with Gasteiger partial charge in [-0.1, -0.05) is 29.8 Å². The molecule has 0 saturated carbocycles. The summed E-state index contributed by atoms with van der Waals surface area (Å²) in [5.74, 6) is 0.765. The number of nitrogens with one attached hydrogen (secondary N) is 1. The fraction of sp³-hybridized carbons (Fsp3) is 0.250. The van der Waals surface area contributed by atoms with Gasteiger partial charge in [0.2, 0.25) is 0 Å². The Balaban J connectivity index is 2.09. The van der Waals surface area contributed by atoms with E-state index < -0.39 is 0 Å². The zero-order chi connectivity index (χ0) is 14.5. The topological polar surface area (TPSA) is 47.3 Å². The third kappa shape index (κ3) is 4.07. The van der Waals surface area contributed by atoms with Gasteiger partial charge in [-0.15, -0.1) is 0 Å². The lowest BCUT2D eigenvalue weighted by Crippen LogP contribution is -2.07. The predicted molar refractivity (Wildman–Crippen MR) is 85.4 cm³/mol. The van der Waals surface area contributed by atoms with E-state index in [0.717, 1.165) is 22.0 Å². The van der Waals surface area contributed by atoms with Crippen LogP contribution in [0.5, 0.6) is 5.75 Å². The molecule has 0 aliphatic heterocycles. The van der Waals surface area contributed by atoms with Gasteiger partial charge in [-0.05, 0) is 31.5 Å². The van der Waals surface area contributed by atoms with Crippen LogP contribution in [0, 0.1) is 0 Å². The maximum Gasteiger partial charge on any atom is 0.123 e. The molecule has 2 rings (SSSR count). The minimum absolute atomic E-state index is 0.119. The molecule has 0 aromatic heterocycles. The fourth-order valence-electron chi connectivity index (χ4n) is 1.90. The Hall–Kier alpha value is -1.87. The summed E-state index contributed by atoms with van der Waals surface area (Å²) < 4.78 is 5.67. The van der Waals surface area contributed by atoms with Gasteiger partial charge in [-0.2, -0.15) is 0 Å². The number of hydrogen-bond acceptors (Lipinski definition) is 3. The molecule has 0 bridgehead atoms. The first kappa shape index (κ1) is 14.5. The van der Waals surface area contributed by atoms with Gasteiger partial charge in [0.25, 0.3) is 0 Å². The Bertz CT molecular complexity index is 584. The van der Waals surface area contributed by atoms with Crippen molar-refractivity contribution in [1.29, 1.82) is 0 Å². The van der Waals surface area contributed by atoms with Crippen LogP contribution in [0.4, 0.5) is 11.4 Å². The smallest absolute Gasteiger partial charge is 0.123 e. The lowest BCUT2D eigenvalue weighted by molar-refractivity contribution is 0.242. The van der Waals surface area contributed by atoms with Gasteiger partial charge in [-0.25, -0.2) is 0 Å². The molecule has 0 aliphatic carbocycles. The zero-order valence-electron chi connectivity index (χ0n) is 11.7. The molecule has 20 heavy (non-hydrogen) atoms. The lowest BCUT2D eigenvalue weighted by Gasteiger charge is -2.13. The van der Waals surface area contributed by atoms with Gasteiger partial charge in [0, 0.05) is 35.1 Å². The predicted octanol–water partition coefficient (Wildman–Crippen LogP) is 4.32. The summed E-state index contributed by atoms with van der Waals surface area (Å²) in [5.41, 5.74) is 8.52. The Morgan fingerprint density at radius 1 is 1.20 bits per heavy atom. The lowest BCUT2D eigenvalue weighted by atomic mass is 10.2. The third-order valence-corrected chi connectivity index (χ3v) is 3.11. The Morgan fingerprint density at radius 3 is 2.65 bits per heavy atom. The van der Waals surface area contributed by atoms with Gasteiger partial charge >= 0.3 is 0 Å². The van der Waals surface area contributed by atoms with Crippen LogP contribution in [-0.4, -0.2) is 6.10 Å². The molecule has 0 fully saturated rings. The second-order valence-electron chi connectivity index (χ2n) is 4.90. The van der Waals surface area contributed by atoms with Crippen molar-refractivity contribution in [2.45, 2.75) is 26.5 Å². The number of benzene rings is 2. The molecule has 0 heterocycles. The highest BCUT2D eigenvalue weighted by molar-refractivity contribution is 6.31. The van der Waals surface area contributed by atoms with Gasteiger partial charge in [-0.3, -0.25) is 0 Å². The Morgan fingerprint density at radius 2 is 1.95 bits per heavy atom. The normalized spacial score (nSPS) is 10.6. The standard InChI is InChI=1S/C16H19ClN2O/c1-11(2)20-15-8-13(18)7-14(9-15)19-10-12-5-3-4-6-16(12)17/h3-9,11,19H,10,18H2,1-2H3. The molecule has 3 N–H and O–H groups in total. The van der Waals surface area contributed by atoms with Crippen molar-refractivity contribution >= 4 is 23.0 Å². The van der Waals surface area contributed by atoms with Crippen molar-refractivity contribution in [2.24, 2.45) is 0 Å². The second-order valence-corrected chi connectivity index (χ2v) is 5.31. The maximum atomic E-state index is 6.13. The summed E-state index contributed by atoms with van der Waals surface area (Å²) in [6, 6.07) is 13.4. The van der Waals surface area contributed by atoms with Crippen molar-refractivity contribution in [1.82, 2.24) is 0 Å². The molecule has 0 unspecified atom stereocenters. The van der Waals surface area contributed by atoms with E-state index in [9.17, 15) is 0 Å². The van der Waals surface area contributed by atoms with Crippen LogP contribution in [0.15, 0.2) is 42.5 Å². The maximum absolute atomic E-state index is 6.13. The molecular weight excluding hydrogens is 272 g/mol. The van der Waals surface area contributed by atoms with Crippen LogP contribution < -0.4 is 15.8 Å². The largest absolute Gasteiger partial charge is 0.491 e. The molecule has 3 nitrogen and oxygen atoms in total. The SMILES string of the molecule is CC(C)Oc1cc(N)cc(NCc2ccccc2Cl)c1. The van der Waals surface area contributed by atoms with Crippen molar-refractivity contribution in [3.8, 4) is 5.75 Å². The Labute approximate surface area is 124 Å². The quantitative estimate of drug-likeness (QED) is 0.806. The highest BCUT2D eigenvalue weighted by Crippen LogP contribution is 2.24. The summed E-state index contributed by atoms with van der Waals surface area (Å²) >= 11 is 6.13. The van der Waals surface area contributed by atoms with E-state index in [0.29, 0.717) is 12.2 Å². The van der Waals surface area contributed by atoms with E-state index >= 15 is 0 Å². The summed E-state index contributed by atoms with van der Waals surface area (Å²) in [5, 5.41) is 4.06. The number of anilines is 2. The number of halogens is 1. The van der Waals surface area contributed by atoms with Crippen LogP contribution in [0.1, 0.15) is 19.4 Å². The van der Waals surface area contributed by atoms with E-state index in [1.165, 1.54) is 0 Å². The zero-order valence-corrected chi connectivity index (χ0v) is 12.4. The van der Waals surface area contributed by atoms with Gasteiger partial charge in [0.05, 0.1) is 6.10 Å². The molecule has 2 aromatic carbocycles. The van der Waals surface area contributed by atoms with Crippen molar-refractivity contribution in [3.05, 3.63) is 53.1 Å². The molecule has 106 valence electrons. The van der Waals surface area contributed by atoms with E-state index in [1.807, 2.05) is 56.3 Å². The van der Waals surface area contributed by atoms with Crippen LogP contribution in [-0.2, 0) is 6.54 Å². The number of hydrogen-bond donors (Lipinski definition) is 2. The molecule has 0 spiro atoms. The fourth-order valence-corrected chi connectivity index (χ4v) is 2.11. The van der Waals surface area contributed by atoms with E-state index in [2.05, 4.69) is 5.32 Å². The van der Waals surface area contributed by atoms with Crippen molar-refractivity contribution < 1.29 is 4.74 Å². The summed E-state index contributed by atoms with van der Waals surface area (Å²) in [4.78, 5) is 0. The minimum Gasteiger partial charge on any atom is -0.491 e. The van der Waals surface area contributed by atoms with Gasteiger partial charge in [0.1, 0.15) is 5.75 Å². The van der Waals surface area contributed by atoms with Crippen LogP contribution in [0.2, 0.25) is 5.02 Å². The Kier molecular flexibility index (Phi) is 4.74. The molecule has 2 aromatic rings. The first-order chi connectivity index (χ1) is 9.54. The van der Waals surface area contributed by atoms with E-state index in [1.54, 1.807) is 0 Å². The number of rotatable bonds is 5. The van der Waals surface area contributed by atoms with E-state index in [-0.39, 0.29) is 6.10 Å². The summed E-state index contributed by atoms with van der Waals surface area (Å²) in [7, 11) is 0. The van der Waals surface area contributed by atoms with Crippen LogP contribution in [0.25, 0.3) is 0 Å². The molecule has 4 heteroatoms. The highest BCUT2D eigenvalue weighted by Gasteiger charge is 2.03. The molecule has 0 amide bonds. The van der Waals surface area contributed by atoms with Crippen molar-refractivity contribution in [2.75, 3.05) is 11.1 Å². The van der Waals surface area contributed by atoms with Gasteiger partial charge in [0.15, 0.2) is 0 Å². The molecule has 0 aliphatic rings. The first-order valence-corrected chi connectivity index (χ1v) is 6.97. The number of ether oxygens (including phenoxy) is 1. The first-order valence-electron chi connectivity index (χ1n) is 6.59. The van der Waals surface area contributed by atoms with Crippen molar-refractivity contribution in [3.63, 3.8) is 0 Å². The highest BCUT2D eigenvalue weighted by atomic mass is 35.5. The van der Waals surface area contributed by atoms with Crippen LogP contribution in [0.3, 0.4) is 0 Å². The average Bonchev–Trinajstić information content (AvgIpc) is 2.36. The third-order valence-electron chi connectivity index (χ3n) is 2.74. The molecule has 0 atom stereocenters. The molecule has 0 saturated heterocycles. The molecule has 0 radical (unpaired) electrons. The van der Waals surface area contributed by atoms with Gasteiger partial charge < -0.3 is 15.8 Å². The molecular formula is C16H19ClN2O. The monoisotopic (exact) mass is 290 g/mol. The number of nitrogen functional groups attached to an aromatic ring is 1. The second kappa shape index (κ2) is 6.53.